The van der Waals surface area contributed by atoms with Crippen LogP contribution in [0.3, 0.4) is 0 Å². The number of hydrogen-bond acceptors (Lipinski definition) is 7. The Morgan fingerprint density at radius 3 is 2.65 bits per heavy atom. The third-order valence-corrected chi connectivity index (χ3v) is 6.49. The predicted octanol–water partition coefficient (Wildman–Crippen LogP) is 5.21. The van der Waals surface area contributed by atoms with Gasteiger partial charge in [0.15, 0.2) is 5.13 Å². The van der Waals surface area contributed by atoms with Crippen LogP contribution in [0.25, 0.3) is 10.2 Å². The molecular formula is C22H23Cl2N3O3S. The summed E-state index contributed by atoms with van der Waals surface area (Å²) in [4.78, 5) is 20.5. The van der Waals surface area contributed by atoms with E-state index in [1.54, 1.807) is 24.3 Å². The van der Waals surface area contributed by atoms with Gasteiger partial charge in [-0.05, 0) is 42.0 Å². The minimum Gasteiger partial charge on any atom is -0.455 e. The maximum Gasteiger partial charge on any atom is 0.305 e. The molecule has 0 bridgehead atoms. The van der Waals surface area contributed by atoms with Crippen LogP contribution in [0, 0.1) is 0 Å². The first-order valence-corrected chi connectivity index (χ1v) is 11.6. The third kappa shape index (κ3) is 5.80. The summed E-state index contributed by atoms with van der Waals surface area (Å²) in [6, 6.07) is 11.4. The Kier molecular flexibility index (Phi) is 6.86. The zero-order valence-corrected chi connectivity index (χ0v) is 19.6. The van der Waals surface area contributed by atoms with Crippen LogP contribution in [-0.4, -0.2) is 48.3 Å². The molecular weight excluding hydrogens is 457 g/mol. The molecule has 0 radical (unpaired) electrons. The van der Waals surface area contributed by atoms with Crippen LogP contribution in [0.2, 0.25) is 10.0 Å². The maximum absolute atomic E-state index is 11.1. The maximum atomic E-state index is 11.1. The van der Waals surface area contributed by atoms with Crippen LogP contribution in [-0.2, 0) is 16.1 Å². The van der Waals surface area contributed by atoms with Crippen LogP contribution in [0.15, 0.2) is 36.4 Å². The SMILES string of the molecule is CC(=O)OC(C)Oc1cc(Cl)cc(CN2CCN(c3nc4ccc(Cl)cc4s3)CC2)c1. The lowest BCUT2D eigenvalue weighted by atomic mass is 10.2. The lowest BCUT2D eigenvalue weighted by Gasteiger charge is -2.34. The van der Waals surface area contributed by atoms with Gasteiger partial charge in [-0.3, -0.25) is 9.69 Å². The van der Waals surface area contributed by atoms with Crippen molar-refractivity contribution in [1.82, 2.24) is 9.88 Å². The fourth-order valence-corrected chi connectivity index (χ4v) is 5.15. The van der Waals surface area contributed by atoms with Crippen LogP contribution in [0.5, 0.6) is 5.75 Å². The number of benzene rings is 2. The van der Waals surface area contributed by atoms with E-state index in [0.29, 0.717) is 10.8 Å². The molecule has 1 atom stereocenters. The van der Waals surface area contributed by atoms with Crippen molar-refractivity contribution in [3.63, 3.8) is 0 Å². The summed E-state index contributed by atoms with van der Waals surface area (Å²) < 4.78 is 11.8. The fourth-order valence-electron chi connectivity index (χ4n) is 3.61. The molecule has 1 aromatic heterocycles. The predicted molar refractivity (Wildman–Crippen MR) is 125 cm³/mol. The third-order valence-electron chi connectivity index (χ3n) is 4.95. The number of piperazine rings is 1. The van der Waals surface area contributed by atoms with Gasteiger partial charge >= 0.3 is 5.97 Å². The van der Waals surface area contributed by atoms with Crippen molar-refractivity contribution in [2.45, 2.75) is 26.7 Å². The number of carbonyl (C=O) groups is 1. The summed E-state index contributed by atoms with van der Waals surface area (Å²) in [5.41, 5.74) is 2.04. The summed E-state index contributed by atoms with van der Waals surface area (Å²) in [6.45, 7) is 7.44. The van der Waals surface area contributed by atoms with Crippen molar-refractivity contribution in [3.8, 4) is 5.75 Å². The standard InChI is InChI=1S/C22H23Cl2N3O3S/c1-14(28)29-15(2)30-19-10-16(9-18(24)11-19)13-26-5-7-27(8-6-26)22-25-20-4-3-17(23)12-21(20)31-22/h3-4,9-12,15H,5-8,13H2,1-2H3. The molecule has 4 rings (SSSR count). The van der Waals surface area contributed by atoms with E-state index in [-0.39, 0.29) is 5.97 Å². The molecule has 6 nitrogen and oxygen atoms in total. The average molecular weight is 480 g/mol. The van der Waals surface area contributed by atoms with Crippen molar-refractivity contribution >= 4 is 55.9 Å². The van der Waals surface area contributed by atoms with Crippen molar-refractivity contribution in [2.24, 2.45) is 0 Å². The summed E-state index contributed by atoms with van der Waals surface area (Å²) >= 11 is 14.1. The largest absolute Gasteiger partial charge is 0.455 e. The second kappa shape index (κ2) is 9.61. The van der Waals surface area contributed by atoms with Gasteiger partial charge in [0.05, 0.1) is 10.2 Å². The van der Waals surface area contributed by atoms with E-state index in [1.165, 1.54) is 6.92 Å². The van der Waals surface area contributed by atoms with Crippen LogP contribution in [0.4, 0.5) is 5.13 Å². The smallest absolute Gasteiger partial charge is 0.305 e. The summed E-state index contributed by atoms with van der Waals surface area (Å²) in [5.74, 6) is 0.201. The highest BCUT2D eigenvalue weighted by atomic mass is 35.5. The fraction of sp³-hybridized carbons (Fsp3) is 0.364. The van der Waals surface area contributed by atoms with Crippen molar-refractivity contribution in [1.29, 1.82) is 0 Å². The van der Waals surface area contributed by atoms with E-state index >= 15 is 0 Å². The van der Waals surface area contributed by atoms with Gasteiger partial charge in [-0.15, -0.1) is 0 Å². The highest BCUT2D eigenvalue weighted by Crippen LogP contribution is 2.31. The molecule has 0 saturated carbocycles. The molecule has 0 N–H and O–H groups in total. The summed E-state index contributed by atoms with van der Waals surface area (Å²) in [5, 5.41) is 2.36. The molecule has 0 amide bonds. The minimum absolute atomic E-state index is 0.385. The highest BCUT2D eigenvalue weighted by molar-refractivity contribution is 7.22. The van der Waals surface area contributed by atoms with E-state index < -0.39 is 6.29 Å². The number of rotatable bonds is 6. The van der Waals surface area contributed by atoms with Gasteiger partial charge in [-0.1, -0.05) is 34.5 Å². The second-order valence-corrected chi connectivity index (χ2v) is 9.34. The number of esters is 1. The summed E-state index contributed by atoms with van der Waals surface area (Å²) in [7, 11) is 0. The molecule has 0 aliphatic carbocycles. The number of anilines is 1. The van der Waals surface area contributed by atoms with E-state index in [9.17, 15) is 4.79 Å². The molecule has 164 valence electrons. The number of thiazole rings is 1. The van der Waals surface area contributed by atoms with Gasteiger partial charge in [0.25, 0.3) is 0 Å². The Morgan fingerprint density at radius 2 is 1.90 bits per heavy atom. The lowest BCUT2D eigenvalue weighted by molar-refractivity contribution is -0.158. The number of nitrogens with zero attached hydrogens (tertiary/aromatic N) is 3. The molecule has 2 heterocycles. The molecule has 1 unspecified atom stereocenters. The van der Waals surface area contributed by atoms with Crippen molar-refractivity contribution in [3.05, 3.63) is 52.0 Å². The number of aromatic nitrogens is 1. The normalized spacial score (nSPS) is 15.8. The monoisotopic (exact) mass is 479 g/mol. The zero-order valence-electron chi connectivity index (χ0n) is 17.3. The second-order valence-electron chi connectivity index (χ2n) is 7.46. The molecule has 9 heteroatoms. The quantitative estimate of drug-likeness (QED) is 0.357. The van der Waals surface area contributed by atoms with E-state index in [2.05, 4.69) is 9.80 Å². The van der Waals surface area contributed by atoms with Crippen LogP contribution < -0.4 is 9.64 Å². The Hall–Kier alpha value is -2.06. The molecule has 2 aromatic carbocycles. The lowest BCUT2D eigenvalue weighted by Crippen LogP contribution is -2.45. The highest BCUT2D eigenvalue weighted by Gasteiger charge is 2.20. The molecule has 3 aromatic rings. The molecule has 31 heavy (non-hydrogen) atoms. The van der Waals surface area contributed by atoms with E-state index in [1.807, 2.05) is 30.3 Å². The molecule has 1 aliphatic rings. The zero-order chi connectivity index (χ0) is 22.0. The minimum atomic E-state index is -0.670. The number of carbonyl (C=O) groups excluding carboxylic acids is 1. The Balaban J connectivity index is 1.36. The molecule has 1 fully saturated rings. The topological polar surface area (TPSA) is 54.9 Å². The van der Waals surface area contributed by atoms with E-state index in [0.717, 1.165) is 58.7 Å². The number of fused-ring (bicyclic) bond motifs is 1. The average Bonchev–Trinajstić information content (AvgIpc) is 3.10. The van der Waals surface area contributed by atoms with Gasteiger partial charge in [-0.2, -0.15) is 0 Å². The van der Waals surface area contributed by atoms with Crippen LogP contribution in [0.1, 0.15) is 19.4 Å². The van der Waals surface area contributed by atoms with Gasteiger partial charge in [0.2, 0.25) is 6.29 Å². The van der Waals surface area contributed by atoms with Gasteiger partial charge in [0, 0.05) is 56.6 Å². The first-order valence-electron chi connectivity index (χ1n) is 10.0. The first kappa shape index (κ1) is 22.1. The Labute approximate surface area is 195 Å². The summed E-state index contributed by atoms with van der Waals surface area (Å²) in [6.07, 6.45) is -0.670. The number of hydrogen-bond donors (Lipinski definition) is 0. The van der Waals surface area contributed by atoms with Crippen molar-refractivity contribution in [2.75, 3.05) is 31.1 Å². The number of halogens is 2. The molecule has 0 spiro atoms. The Bertz CT molecular complexity index is 1080. The molecule has 1 saturated heterocycles. The number of ether oxygens (including phenoxy) is 2. The van der Waals surface area contributed by atoms with Gasteiger partial charge in [0.1, 0.15) is 5.75 Å². The Morgan fingerprint density at radius 1 is 1.13 bits per heavy atom. The van der Waals surface area contributed by atoms with Crippen LogP contribution >= 0.6 is 34.5 Å². The first-order chi connectivity index (χ1) is 14.9. The molecule has 1 aliphatic heterocycles. The van der Waals surface area contributed by atoms with Crippen molar-refractivity contribution < 1.29 is 14.3 Å². The van der Waals surface area contributed by atoms with E-state index in [4.69, 9.17) is 37.7 Å². The van der Waals surface area contributed by atoms with Gasteiger partial charge in [-0.25, -0.2) is 4.98 Å². The van der Waals surface area contributed by atoms with Gasteiger partial charge < -0.3 is 14.4 Å².